The minimum Gasteiger partial charge on any atom is -0.497 e. The zero-order valence-electron chi connectivity index (χ0n) is 11.3. The molecular weight excluding hydrogens is 253 g/mol. The summed E-state index contributed by atoms with van der Waals surface area (Å²) in [5.41, 5.74) is 2.18. The fourth-order valence-electron chi connectivity index (χ4n) is 2.42. The minimum atomic E-state index is -0.161. The van der Waals surface area contributed by atoms with E-state index in [2.05, 4.69) is 16.7 Å². The molecule has 0 saturated carbocycles. The number of hydrogen-bond donors (Lipinski definition) is 0. The van der Waals surface area contributed by atoms with Crippen LogP contribution in [0, 0.1) is 5.82 Å². The monoisotopic (exact) mass is 269 g/mol. The van der Waals surface area contributed by atoms with Crippen LogP contribution in [-0.4, -0.2) is 11.7 Å². The van der Waals surface area contributed by atoms with Crippen LogP contribution in [0.3, 0.4) is 0 Å². The maximum atomic E-state index is 13.6. The second-order valence-electron chi connectivity index (χ2n) is 4.78. The number of hydrogen-bond acceptors (Lipinski definition) is 1. The normalized spacial score (nSPS) is 10.9. The highest BCUT2D eigenvalue weighted by Gasteiger charge is 2.05. The third kappa shape index (κ3) is 2.39. The van der Waals surface area contributed by atoms with E-state index in [0.29, 0.717) is 5.39 Å². The van der Waals surface area contributed by atoms with Crippen molar-refractivity contribution in [2.24, 2.45) is 0 Å². The van der Waals surface area contributed by atoms with E-state index in [1.54, 1.807) is 13.2 Å². The SMILES string of the molecule is COc1ccc(CCn2ccc3c(F)cccc32)cc1. The number of benzene rings is 2. The number of fused-ring (bicyclic) bond motifs is 1. The third-order valence-corrected chi connectivity index (χ3v) is 3.56. The van der Waals surface area contributed by atoms with Crippen molar-refractivity contribution < 1.29 is 9.13 Å². The van der Waals surface area contributed by atoms with E-state index in [4.69, 9.17) is 4.74 Å². The summed E-state index contributed by atoms with van der Waals surface area (Å²) < 4.78 is 20.8. The van der Waals surface area contributed by atoms with Gasteiger partial charge in [0.05, 0.1) is 12.6 Å². The highest BCUT2D eigenvalue weighted by Crippen LogP contribution is 2.20. The van der Waals surface area contributed by atoms with Gasteiger partial charge in [-0.2, -0.15) is 0 Å². The molecule has 3 rings (SSSR count). The van der Waals surface area contributed by atoms with Gasteiger partial charge in [-0.1, -0.05) is 18.2 Å². The van der Waals surface area contributed by atoms with Gasteiger partial charge in [-0.25, -0.2) is 4.39 Å². The molecular formula is C17H16FNO. The molecule has 0 amide bonds. The molecule has 3 aromatic rings. The van der Waals surface area contributed by atoms with Gasteiger partial charge < -0.3 is 9.30 Å². The number of nitrogens with zero attached hydrogens (tertiary/aromatic N) is 1. The summed E-state index contributed by atoms with van der Waals surface area (Å²) in [6.07, 6.45) is 2.85. The maximum Gasteiger partial charge on any atom is 0.132 e. The molecule has 0 fully saturated rings. The van der Waals surface area contributed by atoms with Gasteiger partial charge in [0.1, 0.15) is 11.6 Å². The molecule has 0 spiro atoms. The van der Waals surface area contributed by atoms with Crippen molar-refractivity contribution in [3.63, 3.8) is 0 Å². The Balaban J connectivity index is 1.78. The van der Waals surface area contributed by atoms with Crippen LogP contribution in [-0.2, 0) is 13.0 Å². The summed E-state index contributed by atoms with van der Waals surface area (Å²) in [6.45, 7) is 0.833. The predicted octanol–water partition coefficient (Wildman–Crippen LogP) is 4.03. The number of aryl methyl sites for hydroxylation is 2. The lowest BCUT2D eigenvalue weighted by molar-refractivity contribution is 0.414. The Hall–Kier alpha value is -2.29. The Morgan fingerprint density at radius 3 is 2.60 bits per heavy atom. The van der Waals surface area contributed by atoms with Gasteiger partial charge in [-0.15, -0.1) is 0 Å². The van der Waals surface area contributed by atoms with Crippen LogP contribution < -0.4 is 4.74 Å². The van der Waals surface area contributed by atoms with Gasteiger partial charge in [-0.3, -0.25) is 0 Å². The fraction of sp³-hybridized carbons (Fsp3) is 0.176. The van der Waals surface area contributed by atoms with E-state index >= 15 is 0 Å². The zero-order valence-corrected chi connectivity index (χ0v) is 11.3. The molecule has 0 radical (unpaired) electrons. The summed E-state index contributed by atoms with van der Waals surface area (Å²) in [6, 6.07) is 15.1. The average Bonchev–Trinajstić information content (AvgIpc) is 2.90. The Morgan fingerprint density at radius 1 is 1.05 bits per heavy atom. The van der Waals surface area contributed by atoms with E-state index in [0.717, 1.165) is 24.2 Å². The van der Waals surface area contributed by atoms with Crippen molar-refractivity contribution in [3.8, 4) is 5.75 Å². The second-order valence-corrected chi connectivity index (χ2v) is 4.78. The molecule has 0 atom stereocenters. The number of ether oxygens (including phenoxy) is 1. The van der Waals surface area contributed by atoms with Gasteiger partial charge in [0.2, 0.25) is 0 Å². The van der Waals surface area contributed by atoms with Crippen LogP contribution >= 0.6 is 0 Å². The molecule has 0 N–H and O–H groups in total. The van der Waals surface area contributed by atoms with Gasteiger partial charge >= 0.3 is 0 Å². The fourth-order valence-corrected chi connectivity index (χ4v) is 2.42. The molecule has 0 bridgehead atoms. The van der Waals surface area contributed by atoms with E-state index in [1.807, 2.05) is 30.5 Å². The first-order valence-corrected chi connectivity index (χ1v) is 6.64. The molecule has 2 nitrogen and oxygen atoms in total. The highest BCUT2D eigenvalue weighted by atomic mass is 19.1. The van der Waals surface area contributed by atoms with Gasteiger partial charge in [0.15, 0.2) is 0 Å². The van der Waals surface area contributed by atoms with Crippen molar-refractivity contribution >= 4 is 10.9 Å². The van der Waals surface area contributed by atoms with Crippen molar-refractivity contribution in [2.75, 3.05) is 7.11 Å². The molecule has 0 aliphatic rings. The zero-order chi connectivity index (χ0) is 13.9. The third-order valence-electron chi connectivity index (χ3n) is 3.56. The van der Waals surface area contributed by atoms with Crippen molar-refractivity contribution in [3.05, 3.63) is 66.1 Å². The Bertz CT molecular complexity index is 715. The van der Waals surface area contributed by atoms with Crippen LogP contribution in [0.15, 0.2) is 54.7 Å². The summed E-state index contributed by atoms with van der Waals surface area (Å²) in [5.74, 6) is 0.702. The van der Waals surface area contributed by atoms with E-state index < -0.39 is 0 Å². The quantitative estimate of drug-likeness (QED) is 0.697. The lowest BCUT2D eigenvalue weighted by atomic mass is 10.1. The Labute approximate surface area is 117 Å². The summed E-state index contributed by atoms with van der Waals surface area (Å²) in [7, 11) is 1.66. The van der Waals surface area contributed by atoms with E-state index in [1.165, 1.54) is 11.6 Å². The van der Waals surface area contributed by atoms with E-state index in [-0.39, 0.29) is 5.82 Å². The van der Waals surface area contributed by atoms with Crippen molar-refractivity contribution in [1.29, 1.82) is 0 Å². The number of methoxy groups -OCH3 is 1. The topological polar surface area (TPSA) is 14.2 Å². The molecule has 102 valence electrons. The predicted molar refractivity (Wildman–Crippen MR) is 78.6 cm³/mol. The molecule has 1 aromatic heterocycles. The summed E-state index contributed by atoms with van der Waals surface area (Å²) in [5, 5.41) is 0.683. The maximum absolute atomic E-state index is 13.6. The Morgan fingerprint density at radius 2 is 1.85 bits per heavy atom. The Kier molecular flexibility index (Phi) is 3.42. The van der Waals surface area contributed by atoms with Crippen molar-refractivity contribution in [1.82, 2.24) is 4.57 Å². The van der Waals surface area contributed by atoms with Crippen LogP contribution in [0.2, 0.25) is 0 Å². The van der Waals surface area contributed by atoms with Crippen molar-refractivity contribution in [2.45, 2.75) is 13.0 Å². The van der Waals surface area contributed by atoms with Crippen LogP contribution in [0.25, 0.3) is 10.9 Å². The smallest absolute Gasteiger partial charge is 0.132 e. The largest absolute Gasteiger partial charge is 0.497 e. The molecule has 3 heteroatoms. The lowest BCUT2D eigenvalue weighted by Gasteiger charge is -2.07. The number of halogens is 1. The van der Waals surface area contributed by atoms with Gasteiger partial charge in [0, 0.05) is 18.1 Å². The second kappa shape index (κ2) is 5.37. The standard InChI is InChI=1S/C17H16FNO/c1-20-14-7-5-13(6-8-14)9-11-19-12-10-15-16(18)3-2-4-17(15)19/h2-8,10,12H,9,11H2,1H3. The lowest BCUT2D eigenvalue weighted by Crippen LogP contribution is -1.99. The molecule has 0 aliphatic carbocycles. The summed E-state index contributed by atoms with van der Waals surface area (Å²) >= 11 is 0. The first-order valence-electron chi connectivity index (χ1n) is 6.64. The molecule has 0 unspecified atom stereocenters. The number of rotatable bonds is 4. The number of aromatic nitrogens is 1. The molecule has 20 heavy (non-hydrogen) atoms. The summed E-state index contributed by atoms with van der Waals surface area (Å²) in [4.78, 5) is 0. The first-order chi connectivity index (χ1) is 9.78. The van der Waals surface area contributed by atoms with Crippen LogP contribution in [0.5, 0.6) is 5.75 Å². The van der Waals surface area contributed by atoms with Gasteiger partial charge in [-0.05, 0) is 42.3 Å². The molecule has 2 aromatic carbocycles. The molecule has 0 aliphatic heterocycles. The molecule has 1 heterocycles. The first kappa shape index (κ1) is 12.7. The minimum absolute atomic E-state index is 0.161. The average molecular weight is 269 g/mol. The highest BCUT2D eigenvalue weighted by molar-refractivity contribution is 5.80. The molecule has 0 saturated heterocycles. The van der Waals surface area contributed by atoms with Gasteiger partial charge in [0.25, 0.3) is 0 Å². The van der Waals surface area contributed by atoms with Crippen LogP contribution in [0.4, 0.5) is 4.39 Å². The van der Waals surface area contributed by atoms with E-state index in [9.17, 15) is 4.39 Å². The van der Waals surface area contributed by atoms with Crippen LogP contribution in [0.1, 0.15) is 5.56 Å².